The van der Waals surface area contributed by atoms with Gasteiger partial charge in [0.15, 0.2) is 0 Å². The standard InChI is InChI=1S/C15H16Cl2N6/c1-9-13(7-18-10(2)15-19-8-20-21-15)14(17)23(22-9)12-5-3-4-11(16)6-12/h3-6,8,10,18H,7H2,1-2H3,(H,19,20,21). The van der Waals surface area contributed by atoms with E-state index in [2.05, 4.69) is 25.6 Å². The van der Waals surface area contributed by atoms with Crippen molar-refractivity contribution in [2.75, 3.05) is 0 Å². The Hall–Kier alpha value is -1.89. The van der Waals surface area contributed by atoms with Crippen molar-refractivity contribution in [2.24, 2.45) is 0 Å². The van der Waals surface area contributed by atoms with Gasteiger partial charge in [-0.05, 0) is 32.0 Å². The van der Waals surface area contributed by atoms with Crippen LogP contribution in [0.3, 0.4) is 0 Å². The number of nitrogens with one attached hydrogen (secondary N) is 2. The number of aromatic nitrogens is 5. The molecule has 0 aliphatic carbocycles. The first-order valence-electron chi connectivity index (χ1n) is 7.15. The number of aryl methyl sites for hydroxylation is 1. The quantitative estimate of drug-likeness (QED) is 0.739. The molecule has 0 fully saturated rings. The third-order valence-corrected chi connectivity index (χ3v) is 4.23. The summed E-state index contributed by atoms with van der Waals surface area (Å²) in [5.41, 5.74) is 2.64. The summed E-state index contributed by atoms with van der Waals surface area (Å²) in [6.45, 7) is 4.52. The smallest absolute Gasteiger partial charge is 0.141 e. The summed E-state index contributed by atoms with van der Waals surface area (Å²) in [7, 11) is 0. The van der Waals surface area contributed by atoms with Gasteiger partial charge >= 0.3 is 0 Å². The second kappa shape index (κ2) is 6.70. The van der Waals surface area contributed by atoms with Crippen molar-refractivity contribution in [3.05, 3.63) is 57.9 Å². The fraction of sp³-hybridized carbons (Fsp3) is 0.267. The highest BCUT2D eigenvalue weighted by Crippen LogP contribution is 2.25. The fourth-order valence-electron chi connectivity index (χ4n) is 2.29. The summed E-state index contributed by atoms with van der Waals surface area (Å²) in [6, 6.07) is 7.46. The number of rotatable bonds is 5. The molecule has 0 aliphatic rings. The van der Waals surface area contributed by atoms with Gasteiger partial charge in [-0.15, -0.1) is 0 Å². The van der Waals surface area contributed by atoms with Crippen LogP contribution < -0.4 is 5.32 Å². The van der Waals surface area contributed by atoms with Crippen LogP contribution in [-0.4, -0.2) is 25.0 Å². The van der Waals surface area contributed by atoms with E-state index in [9.17, 15) is 0 Å². The van der Waals surface area contributed by atoms with Crippen molar-refractivity contribution in [3.63, 3.8) is 0 Å². The molecule has 0 amide bonds. The number of benzene rings is 1. The van der Waals surface area contributed by atoms with E-state index in [1.165, 1.54) is 6.33 Å². The number of hydrogen-bond donors (Lipinski definition) is 2. The average Bonchev–Trinajstić information content (AvgIpc) is 3.15. The third kappa shape index (κ3) is 3.39. The fourth-order valence-corrected chi connectivity index (χ4v) is 2.81. The summed E-state index contributed by atoms with van der Waals surface area (Å²) >= 11 is 12.5. The van der Waals surface area contributed by atoms with Crippen LogP contribution in [0.2, 0.25) is 10.2 Å². The normalized spacial score (nSPS) is 12.5. The largest absolute Gasteiger partial charge is 0.303 e. The molecule has 1 atom stereocenters. The van der Waals surface area contributed by atoms with Crippen LogP contribution in [0.25, 0.3) is 5.69 Å². The molecule has 23 heavy (non-hydrogen) atoms. The van der Waals surface area contributed by atoms with Crippen molar-refractivity contribution in [2.45, 2.75) is 26.4 Å². The van der Waals surface area contributed by atoms with Gasteiger partial charge in [0, 0.05) is 17.1 Å². The van der Waals surface area contributed by atoms with Crippen molar-refractivity contribution in [3.8, 4) is 5.69 Å². The number of halogens is 2. The molecule has 0 bridgehead atoms. The third-order valence-electron chi connectivity index (χ3n) is 3.60. The Morgan fingerprint density at radius 1 is 1.35 bits per heavy atom. The molecule has 6 nitrogen and oxygen atoms in total. The SMILES string of the molecule is Cc1nn(-c2cccc(Cl)c2)c(Cl)c1CNC(C)c1ncn[nH]1. The summed E-state index contributed by atoms with van der Waals surface area (Å²) in [4.78, 5) is 4.14. The molecule has 2 heterocycles. The van der Waals surface area contributed by atoms with Crippen LogP contribution in [-0.2, 0) is 6.54 Å². The summed E-state index contributed by atoms with van der Waals surface area (Å²) in [6.07, 6.45) is 1.49. The maximum atomic E-state index is 6.51. The lowest BCUT2D eigenvalue weighted by molar-refractivity contribution is 0.547. The Morgan fingerprint density at radius 3 is 2.87 bits per heavy atom. The van der Waals surface area contributed by atoms with Gasteiger partial charge in [0.05, 0.1) is 17.4 Å². The first-order chi connectivity index (χ1) is 11.1. The van der Waals surface area contributed by atoms with Gasteiger partial charge in [0.2, 0.25) is 0 Å². The summed E-state index contributed by atoms with van der Waals surface area (Å²) < 4.78 is 1.69. The highest BCUT2D eigenvalue weighted by atomic mass is 35.5. The molecule has 0 radical (unpaired) electrons. The molecule has 3 aromatic rings. The maximum Gasteiger partial charge on any atom is 0.141 e. The summed E-state index contributed by atoms with van der Waals surface area (Å²) in [5.74, 6) is 0.779. The lowest BCUT2D eigenvalue weighted by Gasteiger charge is -2.10. The first-order valence-corrected chi connectivity index (χ1v) is 7.90. The Kier molecular flexibility index (Phi) is 4.66. The van der Waals surface area contributed by atoms with Crippen LogP contribution in [0.1, 0.15) is 30.0 Å². The zero-order chi connectivity index (χ0) is 16.4. The minimum Gasteiger partial charge on any atom is -0.303 e. The van der Waals surface area contributed by atoms with Gasteiger partial charge in [-0.25, -0.2) is 9.67 Å². The topological polar surface area (TPSA) is 71.4 Å². The van der Waals surface area contributed by atoms with E-state index in [0.29, 0.717) is 16.7 Å². The molecule has 0 saturated heterocycles. The molecular weight excluding hydrogens is 335 g/mol. The van der Waals surface area contributed by atoms with E-state index in [4.69, 9.17) is 23.2 Å². The predicted octanol–water partition coefficient (Wildman–Crippen LogP) is 3.46. The Labute approximate surface area is 143 Å². The van der Waals surface area contributed by atoms with Gasteiger partial charge in [-0.3, -0.25) is 5.10 Å². The molecule has 3 rings (SSSR count). The van der Waals surface area contributed by atoms with Crippen LogP contribution >= 0.6 is 23.2 Å². The average molecular weight is 351 g/mol. The summed E-state index contributed by atoms with van der Waals surface area (Å²) in [5, 5.41) is 15.8. The molecule has 1 aromatic carbocycles. The van der Waals surface area contributed by atoms with Crippen LogP contribution in [0.5, 0.6) is 0 Å². The lowest BCUT2D eigenvalue weighted by atomic mass is 10.2. The second-order valence-corrected chi connectivity index (χ2v) is 6.01. The number of hydrogen-bond acceptors (Lipinski definition) is 4. The van der Waals surface area contributed by atoms with Crippen molar-refractivity contribution in [1.82, 2.24) is 30.3 Å². The van der Waals surface area contributed by atoms with Crippen LogP contribution in [0, 0.1) is 6.92 Å². The Morgan fingerprint density at radius 2 is 2.17 bits per heavy atom. The minimum atomic E-state index is 0.0301. The Bertz CT molecular complexity index is 796. The number of nitrogens with zero attached hydrogens (tertiary/aromatic N) is 4. The minimum absolute atomic E-state index is 0.0301. The first kappa shape index (κ1) is 16.0. The van der Waals surface area contributed by atoms with Gasteiger partial charge in [-0.2, -0.15) is 10.2 Å². The van der Waals surface area contributed by atoms with E-state index in [-0.39, 0.29) is 6.04 Å². The van der Waals surface area contributed by atoms with E-state index in [0.717, 1.165) is 22.8 Å². The molecule has 2 aromatic heterocycles. The highest BCUT2D eigenvalue weighted by molar-refractivity contribution is 6.31. The number of H-pyrrole nitrogens is 1. The predicted molar refractivity (Wildman–Crippen MR) is 90.0 cm³/mol. The van der Waals surface area contributed by atoms with Crippen molar-refractivity contribution < 1.29 is 0 Å². The zero-order valence-corrected chi connectivity index (χ0v) is 14.2. The monoisotopic (exact) mass is 350 g/mol. The molecule has 120 valence electrons. The molecule has 0 saturated carbocycles. The van der Waals surface area contributed by atoms with Crippen molar-refractivity contribution >= 4 is 23.2 Å². The molecule has 0 aliphatic heterocycles. The second-order valence-electron chi connectivity index (χ2n) is 5.22. The molecule has 8 heteroatoms. The van der Waals surface area contributed by atoms with Crippen LogP contribution in [0.15, 0.2) is 30.6 Å². The molecular formula is C15H16Cl2N6. The van der Waals surface area contributed by atoms with Gasteiger partial charge < -0.3 is 5.32 Å². The number of aromatic amines is 1. The molecule has 1 unspecified atom stereocenters. The van der Waals surface area contributed by atoms with Gasteiger partial charge in [0.25, 0.3) is 0 Å². The van der Waals surface area contributed by atoms with Crippen molar-refractivity contribution in [1.29, 1.82) is 0 Å². The van der Waals surface area contributed by atoms with E-state index in [1.54, 1.807) is 4.68 Å². The van der Waals surface area contributed by atoms with E-state index >= 15 is 0 Å². The highest BCUT2D eigenvalue weighted by Gasteiger charge is 2.16. The van der Waals surface area contributed by atoms with Crippen LogP contribution in [0.4, 0.5) is 0 Å². The van der Waals surface area contributed by atoms with E-state index in [1.807, 2.05) is 38.1 Å². The lowest BCUT2D eigenvalue weighted by Crippen LogP contribution is -2.19. The molecule has 0 spiro atoms. The zero-order valence-electron chi connectivity index (χ0n) is 12.7. The van der Waals surface area contributed by atoms with E-state index < -0.39 is 0 Å². The van der Waals surface area contributed by atoms with Gasteiger partial charge in [0.1, 0.15) is 17.3 Å². The molecule has 2 N–H and O–H groups in total. The maximum absolute atomic E-state index is 6.51. The van der Waals surface area contributed by atoms with Gasteiger partial charge in [-0.1, -0.05) is 29.3 Å². The Balaban J connectivity index is 1.81.